The highest BCUT2D eigenvalue weighted by atomic mass is 16.5. The van der Waals surface area contributed by atoms with Crippen LogP contribution in [0.1, 0.15) is 5.56 Å². The zero-order valence-corrected chi connectivity index (χ0v) is 11.3. The van der Waals surface area contributed by atoms with Gasteiger partial charge in [0.2, 0.25) is 0 Å². The summed E-state index contributed by atoms with van der Waals surface area (Å²) in [6, 6.07) is 17.2. The molecule has 0 saturated heterocycles. The van der Waals surface area contributed by atoms with E-state index in [1.165, 1.54) is 0 Å². The Labute approximate surface area is 122 Å². The molecule has 0 aliphatic rings. The van der Waals surface area contributed by atoms with Crippen LogP contribution in [0.4, 0.5) is 5.69 Å². The fourth-order valence-corrected chi connectivity index (χ4v) is 2.13. The van der Waals surface area contributed by atoms with E-state index in [9.17, 15) is 0 Å². The SMILES string of the molecule is N#CCc1cc(Oc2cnc3ccccc3c2)ccc1N. The zero-order valence-electron chi connectivity index (χ0n) is 11.3. The van der Waals surface area contributed by atoms with Gasteiger partial charge in [0.05, 0.1) is 24.2 Å². The number of aromatic nitrogens is 1. The van der Waals surface area contributed by atoms with Crippen LogP contribution < -0.4 is 10.5 Å². The molecule has 1 aromatic heterocycles. The van der Waals surface area contributed by atoms with Crippen LogP contribution in [0.2, 0.25) is 0 Å². The molecule has 0 unspecified atom stereocenters. The van der Waals surface area contributed by atoms with E-state index in [2.05, 4.69) is 11.1 Å². The molecule has 0 atom stereocenters. The fourth-order valence-electron chi connectivity index (χ4n) is 2.13. The van der Waals surface area contributed by atoms with Crippen LogP contribution in [-0.4, -0.2) is 4.98 Å². The van der Waals surface area contributed by atoms with Crippen LogP contribution in [0.25, 0.3) is 10.9 Å². The second-order valence-corrected chi connectivity index (χ2v) is 4.66. The summed E-state index contributed by atoms with van der Waals surface area (Å²) in [4.78, 5) is 4.35. The molecule has 0 aliphatic carbocycles. The Kier molecular flexibility index (Phi) is 3.40. The first kappa shape index (κ1) is 12.9. The molecule has 0 spiro atoms. The molecule has 2 aromatic carbocycles. The maximum Gasteiger partial charge on any atom is 0.146 e. The summed E-state index contributed by atoms with van der Waals surface area (Å²) >= 11 is 0. The Morgan fingerprint density at radius 2 is 1.95 bits per heavy atom. The summed E-state index contributed by atoms with van der Waals surface area (Å²) in [5.41, 5.74) is 8.11. The number of rotatable bonds is 3. The first-order valence-corrected chi connectivity index (χ1v) is 6.54. The molecule has 3 rings (SSSR count). The van der Waals surface area contributed by atoms with Crippen molar-refractivity contribution < 1.29 is 4.74 Å². The highest BCUT2D eigenvalue weighted by molar-refractivity contribution is 5.79. The minimum atomic E-state index is 0.263. The number of nitrogens with zero attached hydrogens (tertiary/aromatic N) is 2. The van der Waals surface area contributed by atoms with Crippen molar-refractivity contribution >= 4 is 16.6 Å². The molecule has 0 fully saturated rings. The molecule has 0 aliphatic heterocycles. The molecular weight excluding hydrogens is 262 g/mol. The molecule has 4 heteroatoms. The normalized spacial score (nSPS) is 10.2. The summed E-state index contributed by atoms with van der Waals surface area (Å²) in [5.74, 6) is 1.30. The zero-order chi connectivity index (χ0) is 14.7. The highest BCUT2D eigenvalue weighted by Gasteiger charge is 2.04. The molecule has 2 N–H and O–H groups in total. The van der Waals surface area contributed by atoms with Crippen LogP contribution in [0, 0.1) is 11.3 Å². The van der Waals surface area contributed by atoms with E-state index in [0.29, 0.717) is 17.2 Å². The lowest BCUT2D eigenvalue weighted by Gasteiger charge is -2.09. The quantitative estimate of drug-likeness (QED) is 0.740. The van der Waals surface area contributed by atoms with Gasteiger partial charge in [-0.1, -0.05) is 18.2 Å². The van der Waals surface area contributed by atoms with E-state index < -0.39 is 0 Å². The van der Waals surface area contributed by atoms with Gasteiger partial charge in [0, 0.05) is 11.1 Å². The monoisotopic (exact) mass is 275 g/mol. The van der Waals surface area contributed by atoms with Crippen LogP contribution >= 0.6 is 0 Å². The lowest BCUT2D eigenvalue weighted by molar-refractivity contribution is 0.481. The molecule has 0 bridgehead atoms. The maximum atomic E-state index is 8.79. The van der Waals surface area contributed by atoms with Crippen molar-refractivity contribution in [3.05, 3.63) is 60.3 Å². The van der Waals surface area contributed by atoms with E-state index in [-0.39, 0.29) is 6.42 Å². The molecule has 0 radical (unpaired) electrons. The number of ether oxygens (including phenoxy) is 1. The molecule has 4 nitrogen and oxygen atoms in total. The Morgan fingerprint density at radius 3 is 2.81 bits per heavy atom. The first-order valence-electron chi connectivity index (χ1n) is 6.54. The second kappa shape index (κ2) is 5.51. The number of nitriles is 1. The van der Waals surface area contributed by atoms with Crippen molar-refractivity contribution in [2.24, 2.45) is 0 Å². The van der Waals surface area contributed by atoms with Crippen molar-refractivity contribution in [2.45, 2.75) is 6.42 Å². The number of hydrogen-bond donors (Lipinski definition) is 1. The van der Waals surface area contributed by atoms with Gasteiger partial charge in [-0.3, -0.25) is 4.98 Å². The van der Waals surface area contributed by atoms with Crippen molar-refractivity contribution in [2.75, 3.05) is 5.73 Å². The number of para-hydroxylation sites is 1. The Bertz CT molecular complexity index is 837. The summed E-state index contributed by atoms with van der Waals surface area (Å²) in [6.45, 7) is 0. The van der Waals surface area contributed by atoms with Gasteiger partial charge in [0.15, 0.2) is 0 Å². The highest BCUT2D eigenvalue weighted by Crippen LogP contribution is 2.26. The molecule has 1 heterocycles. The maximum absolute atomic E-state index is 8.79. The predicted octanol–water partition coefficient (Wildman–Crippen LogP) is 3.68. The van der Waals surface area contributed by atoms with E-state index in [1.54, 1.807) is 24.4 Å². The number of hydrogen-bond acceptors (Lipinski definition) is 4. The number of fused-ring (bicyclic) bond motifs is 1. The third-order valence-electron chi connectivity index (χ3n) is 3.19. The Hall–Kier alpha value is -3.06. The molecular formula is C17H13N3O. The minimum absolute atomic E-state index is 0.263. The largest absolute Gasteiger partial charge is 0.456 e. The average molecular weight is 275 g/mol. The standard InChI is InChI=1S/C17H13N3O/c18-8-7-12-9-14(5-6-16(12)19)21-15-10-13-3-1-2-4-17(13)20-11-15/h1-6,9-11H,7,19H2. The van der Waals surface area contributed by atoms with Gasteiger partial charge in [-0.05, 0) is 35.9 Å². The third-order valence-corrected chi connectivity index (χ3v) is 3.19. The third kappa shape index (κ3) is 2.77. The number of pyridine rings is 1. The minimum Gasteiger partial charge on any atom is -0.456 e. The van der Waals surface area contributed by atoms with Gasteiger partial charge in [-0.15, -0.1) is 0 Å². The molecule has 3 aromatic rings. The number of nitrogens with two attached hydrogens (primary N) is 1. The summed E-state index contributed by atoms with van der Waals surface area (Å²) in [6.07, 6.45) is 1.95. The second-order valence-electron chi connectivity index (χ2n) is 4.66. The molecule has 0 saturated carbocycles. The predicted molar refractivity (Wildman–Crippen MR) is 82.0 cm³/mol. The van der Waals surface area contributed by atoms with Gasteiger partial charge < -0.3 is 10.5 Å². The van der Waals surface area contributed by atoms with Gasteiger partial charge in [-0.2, -0.15) is 5.26 Å². The number of benzene rings is 2. The lowest BCUT2D eigenvalue weighted by atomic mass is 10.1. The van der Waals surface area contributed by atoms with Crippen LogP contribution in [-0.2, 0) is 6.42 Å². The van der Waals surface area contributed by atoms with Crippen LogP contribution in [0.15, 0.2) is 54.7 Å². The lowest BCUT2D eigenvalue weighted by Crippen LogP contribution is -1.94. The van der Waals surface area contributed by atoms with E-state index in [4.69, 9.17) is 15.7 Å². The van der Waals surface area contributed by atoms with Crippen LogP contribution in [0.3, 0.4) is 0 Å². The van der Waals surface area contributed by atoms with E-state index in [0.717, 1.165) is 16.5 Å². The molecule has 102 valence electrons. The average Bonchev–Trinajstić information content (AvgIpc) is 2.51. The Balaban J connectivity index is 1.91. The van der Waals surface area contributed by atoms with E-state index >= 15 is 0 Å². The molecule has 21 heavy (non-hydrogen) atoms. The Morgan fingerprint density at radius 1 is 1.10 bits per heavy atom. The smallest absolute Gasteiger partial charge is 0.146 e. The van der Waals surface area contributed by atoms with Gasteiger partial charge in [0.25, 0.3) is 0 Å². The van der Waals surface area contributed by atoms with E-state index in [1.807, 2.05) is 30.3 Å². The number of nitrogen functional groups attached to an aromatic ring is 1. The first-order chi connectivity index (χ1) is 10.3. The summed E-state index contributed by atoms with van der Waals surface area (Å²) < 4.78 is 5.80. The summed E-state index contributed by atoms with van der Waals surface area (Å²) in [5, 5.41) is 9.80. The number of anilines is 1. The van der Waals surface area contributed by atoms with Crippen molar-refractivity contribution in [3.63, 3.8) is 0 Å². The van der Waals surface area contributed by atoms with Gasteiger partial charge in [-0.25, -0.2) is 0 Å². The topological polar surface area (TPSA) is 71.9 Å². The molecule has 0 amide bonds. The van der Waals surface area contributed by atoms with Gasteiger partial charge >= 0.3 is 0 Å². The van der Waals surface area contributed by atoms with Crippen molar-refractivity contribution in [1.82, 2.24) is 4.98 Å². The van der Waals surface area contributed by atoms with Crippen LogP contribution in [0.5, 0.6) is 11.5 Å². The van der Waals surface area contributed by atoms with Crippen molar-refractivity contribution in [3.8, 4) is 17.6 Å². The fraction of sp³-hybridized carbons (Fsp3) is 0.0588. The summed E-state index contributed by atoms with van der Waals surface area (Å²) in [7, 11) is 0. The van der Waals surface area contributed by atoms with Gasteiger partial charge in [0.1, 0.15) is 11.5 Å². The van der Waals surface area contributed by atoms with Crippen molar-refractivity contribution in [1.29, 1.82) is 5.26 Å².